The van der Waals surface area contributed by atoms with Crippen LogP contribution in [0.1, 0.15) is 72.4 Å². The number of nitrogens with zero attached hydrogens (tertiary/aromatic N) is 4. The standard InChI is InChI=1S/C21H28N6O3S/c1-12(2)16-11-31-26-21(16)30-15-6-5-13(7-15)17-9-19(24-23-17)22-20(28)18-8-14(10-29-4)25-27(18)3/h8-9,11-13,15H,5-7,10H2,1-4H3,(H2,22,23,24,28)/t13-,15+/m0/s1. The molecule has 0 saturated heterocycles. The Morgan fingerprint density at radius 3 is 3.00 bits per heavy atom. The van der Waals surface area contributed by atoms with Crippen molar-refractivity contribution in [3.05, 3.63) is 40.2 Å². The molecule has 0 aromatic carbocycles. The van der Waals surface area contributed by atoms with Crippen molar-refractivity contribution in [2.75, 3.05) is 12.4 Å². The molecule has 0 bridgehead atoms. The number of hydrogen-bond acceptors (Lipinski definition) is 7. The van der Waals surface area contributed by atoms with Gasteiger partial charge in [0.2, 0.25) is 5.88 Å². The van der Waals surface area contributed by atoms with Gasteiger partial charge in [-0.05, 0) is 42.8 Å². The molecule has 0 radical (unpaired) electrons. The molecule has 2 atom stereocenters. The molecule has 0 unspecified atom stereocenters. The van der Waals surface area contributed by atoms with E-state index >= 15 is 0 Å². The number of H-pyrrole nitrogens is 1. The van der Waals surface area contributed by atoms with Gasteiger partial charge in [0.05, 0.1) is 12.3 Å². The number of aryl methyl sites for hydroxylation is 1. The summed E-state index contributed by atoms with van der Waals surface area (Å²) in [5.74, 6) is 1.73. The van der Waals surface area contributed by atoms with E-state index in [1.165, 1.54) is 17.1 Å². The molecule has 0 aliphatic heterocycles. The van der Waals surface area contributed by atoms with Crippen LogP contribution in [0.15, 0.2) is 17.5 Å². The van der Waals surface area contributed by atoms with E-state index in [-0.39, 0.29) is 12.0 Å². The fourth-order valence-corrected chi connectivity index (χ4v) is 4.73. The minimum Gasteiger partial charge on any atom is -0.474 e. The lowest BCUT2D eigenvalue weighted by atomic mass is 10.0. The largest absolute Gasteiger partial charge is 0.474 e. The summed E-state index contributed by atoms with van der Waals surface area (Å²) in [5, 5.41) is 16.5. The maximum absolute atomic E-state index is 12.6. The van der Waals surface area contributed by atoms with Crippen molar-refractivity contribution in [1.29, 1.82) is 0 Å². The molecule has 3 aromatic rings. The molecule has 2 N–H and O–H groups in total. The summed E-state index contributed by atoms with van der Waals surface area (Å²) in [6.45, 7) is 4.66. The molecule has 1 aliphatic carbocycles. The van der Waals surface area contributed by atoms with Gasteiger partial charge in [0, 0.05) is 42.8 Å². The number of amides is 1. The Morgan fingerprint density at radius 2 is 2.23 bits per heavy atom. The average Bonchev–Trinajstić information content (AvgIpc) is 3.49. The summed E-state index contributed by atoms with van der Waals surface area (Å²) in [4.78, 5) is 12.6. The van der Waals surface area contributed by atoms with Crippen LogP contribution in [0.4, 0.5) is 5.82 Å². The summed E-state index contributed by atoms with van der Waals surface area (Å²) in [6.07, 6.45) is 3.01. The SMILES string of the molecule is COCc1cc(C(=O)Nc2cc([C@H]3CC[C@@H](Oc4nscc4C(C)C)C3)[nH]n2)n(C)n1. The molecular formula is C21H28N6O3S. The molecule has 1 amide bonds. The number of methoxy groups -OCH3 is 1. The quantitative estimate of drug-likeness (QED) is 0.547. The molecule has 1 aliphatic rings. The van der Waals surface area contributed by atoms with Gasteiger partial charge in [-0.2, -0.15) is 14.6 Å². The van der Waals surface area contributed by atoms with Gasteiger partial charge < -0.3 is 14.8 Å². The third kappa shape index (κ3) is 4.80. The Hall–Kier alpha value is -2.72. The van der Waals surface area contributed by atoms with Crippen molar-refractivity contribution < 1.29 is 14.3 Å². The molecule has 0 spiro atoms. The van der Waals surface area contributed by atoms with Crippen molar-refractivity contribution in [3.63, 3.8) is 0 Å². The van der Waals surface area contributed by atoms with Crippen molar-refractivity contribution in [2.24, 2.45) is 7.05 Å². The van der Waals surface area contributed by atoms with E-state index in [2.05, 4.69) is 44.2 Å². The van der Waals surface area contributed by atoms with E-state index in [1.807, 2.05) is 6.07 Å². The van der Waals surface area contributed by atoms with E-state index in [0.717, 1.165) is 30.8 Å². The second-order valence-electron chi connectivity index (χ2n) is 8.22. The van der Waals surface area contributed by atoms with Crippen molar-refractivity contribution in [2.45, 2.75) is 57.7 Å². The first-order valence-corrected chi connectivity index (χ1v) is 11.3. The average molecular weight is 445 g/mol. The van der Waals surface area contributed by atoms with Gasteiger partial charge in [-0.25, -0.2) is 0 Å². The van der Waals surface area contributed by atoms with E-state index in [0.29, 0.717) is 35.6 Å². The first-order valence-electron chi connectivity index (χ1n) is 10.4. The summed E-state index contributed by atoms with van der Waals surface area (Å²) in [5.41, 5.74) is 3.34. The minimum atomic E-state index is -0.257. The van der Waals surface area contributed by atoms with E-state index in [1.54, 1.807) is 24.9 Å². The summed E-state index contributed by atoms with van der Waals surface area (Å²) < 4.78 is 17.2. The van der Waals surface area contributed by atoms with E-state index in [9.17, 15) is 4.79 Å². The second kappa shape index (κ2) is 9.19. The molecule has 3 heterocycles. The minimum absolute atomic E-state index is 0.139. The Labute approximate surface area is 185 Å². The molecule has 166 valence electrons. The topological polar surface area (TPSA) is 107 Å². The highest BCUT2D eigenvalue weighted by molar-refractivity contribution is 7.03. The third-order valence-corrected chi connectivity index (χ3v) is 6.21. The summed E-state index contributed by atoms with van der Waals surface area (Å²) in [6, 6.07) is 3.62. The zero-order chi connectivity index (χ0) is 22.0. The zero-order valence-electron chi connectivity index (χ0n) is 18.2. The smallest absolute Gasteiger partial charge is 0.275 e. The van der Waals surface area contributed by atoms with Gasteiger partial charge >= 0.3 is 0 Å². The number of aromatic amines is 1. The zero-order valence-corrected chi connectivity index (χ0v) is 19.0. The van der Waals surface area contributed by atoms with Crippen LogP contribution in [0, 0.1) is 0 Å². The number of nitrogens with one attached hydrogen (secondary N) is 2. The van der Waals surface area contributed by atoms with Gasteiger partial charge in [0.1, 0.15) is 11.8 Å². The lowest BCUT2D eigenvalue weighted by molar-refractivity contribution is 0.101. The van der Waals surface area contributed by atoms with Crippen molar-refractivity contribution in [3.8, 4) is 5.88 Å². The molecular weight excluding hydrogens is 416 g/mol. The number of hydrogen-bond donors (Lipinski definition) is 2. The fraction of sp³-hybridized carbons (Fsp3) is 0.524. The van der Waals surface area contributed by atoms with E-state index < -0.39 is 0 Å². The lowest BCUT2D eigenvalue weighted by Gasteiger charge is -2.14. The van der Waals surface area contributed by atoms with Crippen LogP contribution in [0.2, 0.25) is 0 Å². The molecule has 3 aromatic heterocycles. The Balaban J connectivity index is 1.36. The first-order chi connectivity index (χ1) is 14.9. The lowest BCUT2D eigenvalue weighted by Crippen LogP contribution is -2.16. The van der Waals surface area contributed by atoms with E-state index in [4.69, 9.17) is 9.47 Å². The van der Waals surface area contributed by atoms with Crippen molar-refractivity contribution >= 4 is 23.3 Å². The molecule has 1 fully saturated rings. The number of aromatic nitrogens is 5. The Bertz CT molecular complexity index is 1040. The fourth-order valence-electron chi connectivity index (χ4n) is 3.94. The molecule has 1 saturated carbocycles. The predicted octanol–water partition coefficient (Wildman–Crippen LogP) is 3.84. The Kier molecular flexibility index (Phi) is 6.38. The van der Waals surface area contributed by atoms with Gasteiger partial charge in [-0.1, -0.05) is 13.8 Å². The van der Waals surface area contributed by atoms with Crippen LogP contribution < -0.4 is 10.1 Å². The maximum atomic E-state index is 12.6. The van der Waals surface area contributed by atoms with Crippen LogP contribution >= 0.6 is 11.5 Å². The van der Waals surface area contributed by atoms with Gasteiger partial charge in [0.15, 0.2) is 5.82 Å². The Morgan fingerprint density at radius 1 is 1.39 bits per heavy atom. The maximum Gasteiger partial charge on any atom is 0.275 e. The monoisotopic (exact) mass is 444 g/mol. The first kappa shape index (κ1) is 21.5. The number of carbonyl (C=O) groups excluding carboxylic acids is 1. The number of carbonyl (C=O) groups is 1. The molecule has 9 nitrogen and oxygen atoms in total. The van der Waals surface area contributed by atoms with Crippen LogP contribution in [0.25, 0.3) is 0 Å². The van der Waals surface area contributed by atoms with Crippen LogP contribution in [0.5, 0.6) is 5.88 Å². The van der Waals surface area contributed by atoms with Gasteiger partial charge in [-0.15, -0.1) is 0 Å². The summed E-state index contributed by atoms with van der Waals surface area (Å²) >= 11 is 1.44. The highest BCUT2D eigenvalue weighted by Crippen LogP contribution is 2.37. The highest BCUT2D eigenvalue weighted by Gasteiger charge is 2.30. The summed E-state index contributed by atoms with van der Waals surface area (Å²) in [7, 11) is 3.33. The van der Waals surface area contributed by atoms with Gasteiger partial charge in [0.25, 0.3) is 5.91 Å². The number of ether oxygens (including phenoxy) is 2. The molecule has 10 heteroatoms. The normalized spacial score (nSPS) is 18.6. The molecule has 4 rings (SSSR count). The van der Waals surface area contributed by atoms with Crippen LogP contribution in [-0.4, -0.2) is 43.5 Å². The van der Waals surface area contributed by atoms with Crippen molar-refractivity contribution in [1.82, 2.24) is 24.4 Å². The third-order valence-electron chi connectivity index (χ3n) is 5.58. The van der Waals surface area contributed by atoms with Crippen LogP contribution in [-0.2, 0) is 18.4 Å². The number of rotatable bonds is 8. The predicted molar refractivity (Wildman–Crippen MR) is 118 cm³/mol. The second-order valence-corrected chi connectivity index (χ2v) is 8.85. The van der Waals surface area contributed by atoms with Gasteiger partial charge in [-0.3, -0.25) is 14.6 Å². The highest BCUT2D eigenvalue weighted by atomic mass is 32.1. The number of anilines is 1. The molecule has 31 heavy (non-hydrogen) atoms. The van der Waals surface area contributed by atoms with Crippen LogP contribution in [0.3, 0.4) is 0 Å².